The van der Waals surface area contributed by atoms with Gasteiger partial charge in [-0.3, -0.25) is 9.59 Å². The molecule has 16 heavy (non-hydrogen) atoms. The highest BCUT2D eigenvalue weighted by molar-refractivity contribution is 5.80. The maximum atomic E-state index is 12.0. The van der Waals surface area contributed by atoms with E-state index in [1.165, 1.54) is 0 Å². The molecule has 2 rings (SSSR count). The Hall–Kier alpha value is -1.10. The molecular weight excluding hydrogens is 206 g/mol. The van der Waals surface area contributed by atoms with Crippen molar-refractivity contribution in [3.63, 3.8) is 0 Å². The first kappa shape index (κ1) is 11.4. The van der Waals surface area contributed by atoms with Crippen LogP contribution in [0.25, 0.3) is 0 Å². The van der Waals surface area contributed by atoms with E-state index in [9.17, 15) is 9.59 Å². The van der Waals surface area contributed by atoms with E-state index in [1.54, 1.807) is 4.90 Å². The average Bonchev–Trinajstić information content (AvgIpc) is 2.40. The van der Waals surface area contributed by atoms with Gasteiger partial charge in [0, 0.05) is 38.0 Å². The third kappa shape index (κ3) is 2.52. The van der Waals surface area contributed by atoms with Crippen LogP contribution in [0.3, 0.4) is 0 Å². The van der Waals surface area contributed by atoms with E-state index < -0.39 is 0 Å². The Morgan fingerprint density at radius 1 is 1.44 bits per heavy atom. The molecule has 3 N–H and O–H groups in total. The van der Waals surface area contributed by atoms with Crippen molar-refractivity contribution < 1.29 is 9.59 Å². The second-order valence-corrected chi connectivity index (χ2v) is 4.87. The topological polar surface area (TPSA) is 75.4 Å². The van der Waals surface area contributed by atoms with Crippen molar-refractivity contribution in [3.05, 3.63) is 0 Å². The largest absolute Gasteiger partial charge is 0.354 e. The minimum atomic E-state index is -0.263. The summed E-state index contributed by atoms with van der Waals surface area (Å²) in [5.74, 6) is 0.125. The number of nitrogens with one attached hydrogen (secondary N) is 1. The molecule has 2 fully saturated rings. The third-order valence-corrected chi connectivity index (χ3v) is 3.52. The molecule has 0 aromatic heterocycles. The van der Waals surface area contributed by atoms with E-state index in [0.717, 1.165) is 19.3 Å². The van der Waals surface area contributed by atoms with Gasteiger partial charge in [0.15, 0.2) is 0 Å². The van der Waals surface area contributed by atoms with Crippen molar-refractivity contribution in [2.45, 2.75) is 37.6 Å². The highest BCUT2D eigenvalue weighted by atomic mass is 16.2. The zero-order valence-electron chi connectivity index (χ0n) is 9.50. The van der Waals surface area contributed by atoms with Crippen molar-refractivity contribution in [2.75, 3.05) is 19.6 Å². The van der Waals surface area contributed by atoms with Gasteiger partial charge in [-0.25, -0.2) is 0 Å². The summed E-state index contributed by atoms with van der Waals surface area (Å²) in [6, 6.07) is 0. The number of carbonyl (C=O) groups excluding carboxylic acids is 2. The Balaban J connectivity index is 1.86. The molecule has 1 heterocycles. The van der Waals surface area contributed by atoms with Crippen LogP contribution in [0.2, 0.25) is 0 Å². The summed E-state index contributed by atoms with van der Waals surface area (Å²) in [7, 11) is 0. The molecule has 0 aromatic rings. The Morgan fingerprint density at radius 3 is 2.81 bits per heavy atom. The molecule has 2 aliphatic rings. The molecule has 0 aromatic carbocycles. The van der Waals surface area contributed by atoms with Gasteiger partial charge in [0.05, 0.1) is 0 Å². The molecule has 5 nitrogen and oxygen atoms in total. The van der Waals surface area contributed by atoms with Gasteiger partial charge >= 0.3 is 0 Å². The van der Waals surface area contributed by atoms with Crippen LogP contribution in [-0.4, -0.2) is 41.9 Å². The van der Waals surface area contributed by atoms with Crippen LogP contribution in [0, 0.1) is 0 Å². The molecule has 1 aliphatic carbocycles. The van der Waals surface area contributed by atoms with Crippen LogP contribution in [0.5, 0.6) is 0 Å². The van der Waals surface area contributed by atoms with Gasteiger partial charge < -0.3 is 16.0 Å². The Bertz CT molecular complexity index is 300. The van der Waals surface area contributed by atoms with E-state index in [0.29, 0.717) is 32.5 Å². The van der Waals surface area contributed by atoms with Gasteiger partial charge in [-0.15, -0.1) is 0 Å². The van der Waals surface area contributed by atoms with E-state index in [2.05, 4.69) is 5.32 Å². The lowest BCUT2D eigenvalue weighted by atomic mass is 9.75. The van der Waals surface area contributed by atoms with E-state index in [4.69, 9.17) is 5.73 Å². The molecule has 2 amide bonds. The molecule has 0 radical (unpaired) electrons. The fourth-order valence-electron chi connectivity index (χ4n) is 2.24. The summed E-state index contributed by atoms with van der Waals surface area (Å²) in [5, 5.41) is 2.76. The van der Waals surface area contributed by atoms with Crippen molar-refractivity contribution in [2.24, 2.45) is 5.73 Å². The van der Waals surface area contributed by atoms with Crippen LogP contribution in [0.4, 0.5) is 0 Å². The zero-order chi connectivity index (χ0) is 11.6. The molecule has 0 bridgehead atoms. The van der Waals surface area contributed by atoms with Crippen molar-refractivity contribution in [1.29, 1.82) is 0 Å². The quantitative estimate of drug-likeness (QED) is 0.672. The smallest absolute Gasteiger partial charge is 0.224 e. The van der Waals surface area contributed by atoms with Gasteiger partial charge in [0.25, 0.3) is 0 Å². The molecule has 5 heteroatoms. The van der Waals surface area contributed by atoms with Crippen LogP contribution >= 0.6 is 0 Å². The van der Waals surface area contributed by atoms with Crippen molar-refractivity contribution in [1.82, 2.24) is 10.2 Å². The first-order chi connectivity index (χ1) is 7.59. The minimum absolute atomic E-state index is 0.0291. The minimum Gasteiger partial charge on any atom is -0.354 e. The Labute approximate surface area is 95.3 Å². The lowest BCUT2D eigenvalue weighted by molar-refractivity contribution is -0.133. The molecular formula is C11H19N3O2. The normalized spacial score (nSPS) is 24.3. The number of hydrogen-bond donors (Lipinski definition) is 2. The van der Waals surface area contributed by atoms with Gasteiger partial charge in [0.2, 0.25) is 11.8 Å². The number of nitrogens with zero attached hydrogens (tertiary/aromatic N) is 1. The molecule has 90 valence electrons. The van der Waals surface area contributed by atoms with Crippen LogP contribution in [0.15, 0.2) is 0 Å². The summed E-state index contributed by atoms with van der Waals surface area (Å²) in [6.07, 6.45) is 3.86. The average molecular weight is 225 g/mol. The fraction of sp³-hybridized carbons (Fsp3) is 0.818. The van der Waals surface area contributed by atoms with Gasteiger partial charge in [-0.05, 0) is 19.3 Å². The maximum absolute atomic E-state index is 12.0. The van der Waals surface area contributed by atoms with Gasteiger partial charge in [-0.1, -0.05) is 0 Å². The summed E-state index contributed by atoms with van der Waals surface area (Å²) < 4.78 is 0. The first-order valence-electron chi connectivity index (χ1n) is 5.92. The third-order valence-electron chi connectivity index (χ3n) is 3.52. The number of rotatable bonds is 2. The number of carbonyl (C=O) groups is 2. The lowest BCUT2D eigenvalue weighted by Crippen LogP contribution is -2.51. The highest BCUT2D eigenvalue weighted by Gasteiger charge is 2.36. The first-order valence-corrected chi connectivity index (χ1v) is 5.92. The standard InChI is InChI=1S/C11H19N3O2/c12-11(3-1-4-11)8-10(16)14-6-2-9(15)13-5-7-14/h1-8,12H2,(H,13,15). The number of nitrogens with two attached hydrogens (primary N) is 1. The second-order valence-electron chi connectivity index (χ2n) is 4.87. The fourth-order valence-corrected chi connectivity index (χ4v) is 2.24. The predicted octanol–water partition coefficient (Wildman–Crippen LogP) is -0.394. The summed E-state index contributed by atoms with van der Waals surface area (Å²) in [6.45, 7) is 1.70. The van der Waals surface area contributed by atoms with Gasteiger partial charge in [0.1, 0.15) is 0 Å². The van der Waals surface area contributed by atoms with Crippen LogP contribution in [-0.2, 0) is 9.59 Å². The molecule has 1 saturated heterocycles. The summed E-state index contributed by atoms with van der Waals surface area (Å²) >= 11 is 0. The summed E-state index contributed by atoms with van der Waals surface area (Å²) in [5.41, 5.74) is 5.78. The number of amides is 2. The van der Waals surface area contributed by atoms with E-state index >= 15 is 0 Å². The molecule has 1 aliphatic heterocycles. The monoisotopic (exact) mass is 225 g/mol. The lowest BCUT2D eigenvalue weighted by Gasteiger charge is -2.38. The van der Waals surface area contributed by atoms with Crippen LogP contribution < -0.4 is 11.1 Å². The van der Waals surface area contributed by atoms with Crippen molar-refractivity contribution >= 4 is 11.8 Å². The molecule has 0 spiro atoms. The second kappa shape index (κ2) is 4.41. The van der Waals surface area contributed by atoms with Crippen molar-refractivity contribution in [3.8, 4) is 0 Å². The van der Waals surface area contributed by atoms with Crippen LogP contribution in [0.1, 0.15) is 32.1 Å². The SMILES string of the molecule is NC1(CC(=O)N2CCNC(=O)CC2)CCC1. The van der Waals surface area contributed by atoms with E-state index in [-0.39, 0.29) is 17.4 Å². The molecule has 1 saturated carbocycles. The maximum Gasteiger partial charge on any atom is 0.224 e. The molecule has 0 unspecified atom stereocenters. The summed E-state index contributed by atoms with van der Waals surface area (Å²) in [4.78, 5) is 24.9. The zero-order valence-corrected chi connectivity index (χ0v) is 9.50. The predicted molar refractivity (Wildman–Crippen MR) is 59.6 cm³/mol. The Morgan fingerprint density at radius 2 is 2.19 bits per heavy atom. The Kier molecular flexibility index (Phi) is 3.14. The van der Waals surface area contributed by atoms with E-state index in [1.807, 2.05) is 0 Å². The van der Waals surface area contributed by atoms with Gasteiger partial charge in [-0.2, -0.15) is 0 Å². The number of hydrogen-bond acceptors (Lipinski definition) is 3. The molecule has 0 atom stereocenters. The highest BCUT2D eigenvalue weighted by Crippen LogP contribution is 2.32.